The van der Waals surface area contributed by atoms with E-state index in [-0.39, 0.29) is 11.7 Å². The third-order valence-electron chi connectivity index (χ3n) is 4.28. The summed E-state index contributed by atoms with van der Waals surface area (Å²) in [6.45, 7) is 4.39. The van der Waals surface area contributed by atoms with Crippen molar-refractivity contribution in [1.29, 1.82) is 0 Å². The third-order valence-corrected chi connectivity index (χ3v) is 4.28. The van der Waals surface area contributed by atoms with Crippen LogP contribution in [0.2, 0.25) is 0 Å². The van der Waals surface area contributed by atoms with Crippen molar-refractivity contribution in [2.75, 3.05) is 7.05 Å². The van der Waals surface area contributed by atoms with Gasteiger partial charge in [-0.2, -0.15) is 5.10 Å². The van der Waals surface area contributed by atoms with E-state index in [0.717, 1.165) is 22.6 Å². The fourth-order valence-corrected chi connectivity index (χ4v) is 2.85. The molecule has 0 N–H and O–H groups in total. The fraction of sp³-hybridized carbons (Fsp3) is 0.200. The summed E-state index contributed by atoms with van der Waals surface area (Å²) in [6, 6.07) is 15.5. The number of amides is 1. The number of nitrogens with zero attached hydrogens (tertiary/aromatic N) is 3. The van der Waals surface area contributed by atoms with E-state index in [9.17, 15) is 9.18 Å². The van der Waals surface area contributed by atoms with Crippen LogP contribution in [0.25, 0.3) is 5.69 Å². The molecule has 0 bridgehead atoms. The summed E-state index contributed by atoms with van der Waals surface area (Å²) in [5.74, 6) is -0.499. The second kappa shape index (κ2) is 6.89. The molecule has 0 unspecified atom stereocenters. The van der Waals surface area contributed by atoms with Gasteiger partial charge in [-0.15, -0.1) is 0 Å². The maximum atomic E-state index is 13.0. The van der Waals surface area contributed by atoms with Crippen LogP contribution in [-0.2, 0) is 6.54 Å². The molecule has 25 heavy (non-hydrogen) atoms. The Labute approximate surface area is 146 Å². The normalized spacial score (nSPS) is 10.7. The Morgan fingerprint density at radius 3 is 2.36 bits per heavy atom. The number of aryl methyl sites for hydroxylation is 1. The molecule has 0 radical (unpaired) electrons. The summed E-state index contributed by atoms with van der Waals surface area (Å²) in [5, 5.41) is 4.61. The minimum absolute atomic E-state index is 0.147. The molecule has 128 valence electrons. The van der Waals surface area contributed by atoms with Gasteiger partial charge in [-0.25, -0.2) is 9.07 Å². The van der Waals surface area contributed by atoms with Gasteiger partial charge in [0, 0.05) is 30.4 Å². The van der Waals surface area contributed by atoms with E-state index in [0.29, 0.717) is 12.1 Å². The van der Waals surface area contributed by atoms with Gasteiger partial charge in [-0.1, -0.05) is 18.2 Å². The number of aromatic nitrogens is 2. The molecule has 1 amide bonds. The smallest absolute Gasteiger partial charge is 0.253 e. The van der Waals surface area contributed by atoms with Crippen LogP contribution in [0.1, 0.15) is 27.3 Å². The van der Waals surface area contributed by atoms with Crippen molar-refractivity contribution in [1.82, 2.24) is 14.7 Å². The van der Waals surface area contributed by atoms with Crippen molar-refractivity contribution in [3.05, 3.63) is 82.9 Å². The van der Waals surface area contributed by atoms with Crippen LogP contribution >= 0.6 is 0 Å². The summed E-state index contributed by atoms with van der Waals surface area (Å²) in [5.41, 5.74) is 4.36. The predicted molar refractivity (Wildman–Crippen MR) is 95.2 cm³/mol. The van der Waals surface area contributed by atoms with Crippen molar-refractivity contribution in [3.63, 3.8) is 0 Å². The predicted octanol–water partition coefficient (Wildman–Crippen LogP) is 3.90. The lowest BCUT2D eigenvalue weighted by Gasteiger charge is -2.17. The Morgan fingerprint density at radius 2 is 1.72 bits per heavy atom. The molecule has 0 aliphatic rings. The van der Waals surface area contributed by atoms with Crippen molar-refractivity contribution < 1.29 is 9.18 Å². The largest absolute Gasteiger partial charge is 0.337 e. The number of hydrogen-bond donors (Lipinski definition) is 0. The highest BCUT2D eigenvalue weighted by Gasteiger charge is 2.18. The third kappa shape index (κ3) is 3.45. The molecule has 4 nitrogen and oxygen atoms in total. The lowest BCUT2D eigenvalue weighted by Crippen LogP contribution is -2.26. The van der Waals surface area contributed by atoms with Crippen molar-refractivity contribution in [2.45, 2.75) is 20.4 Å². The molecule has 0 saturated heterocycles. The summed E-state index contributed by atoms with van der Waals surface area (Å²) < 4.78 is 14.9. The van der Waals surface area contributed by atoms with E-state index in [1.165, 1.54) is 24.3 Å². The minimum atomic E-state index is -0.352. The van der Waals surface area contributed by atoms with Gasteiger partial charge in [0.1, 0.15) is 5.82 Å². The van der Waals surface area contributed by atoms with E-state index in [1.54, 1.807) is 11.9 Å². The average molecular weight is 337 g/mol. The number of para-hydroxylation sites is 1. The van der Waals surface area contributed by atoms with Gasteiger partial charge >= 0.3 is 0 Å². The minimum Gasteiger partial charge on any atom is -0.337 e. The van der Waals surface area contributed by atoms with E-state index in [4.69, 9.17) is 0 Å². The van der Waals surface area contributed by atoms with Crippen molar-refractivity contribution in [2.24, 2.45) is 0 Å². The van der Waals surface area contributed by atoms with Gasteiger partial charge in [-0.3, -0.25) is 4.79 Å². The highest BCUT2D eigenvalue weighted by Crippen LogP contribution is 2.20. The van der Waals surface area contributed by atoms with Gasteiger partial charge < -0.3 is 4.90 Å². The molecule has 0 spiro atoms. The first kappa shape index (κ1) is 16.9. The van der Waals surface area contributed by atoms with E-state index in [1.807, 2.05) is 48.9 Å². The van der Waals surface area contributed by atoms with Gasteiger partial charge in [-0.05, 0) is 50.2 Å². The first-order valence-electron chi connectivity index (χ1n) is 8.09. The number of carbonyl (C=O) groups is 1. The van der Waals surface area contributed by atoms with Crippen LogP contribution in [0, 0.1) is 19.7 Å². The van der Waals surface area contributed by atoms with Crippen LogP contribution in [0.4, 0.5) is 4.39 Å². The quantitative estimate of drug-likeness (QED) is 0.724. The fourth-order valence-electron chi connectivity index (χ4n) is 2.85. The zero-order valence-electron chi connectivity index (χ0n) is 14.5. The van der Waals surface area contributed by atoms with E-state index < -0.39 is 0 Å². The van der Waals surface area contributed by atoms with Gasteiger partial charge in [0.2, 0.25) is 0 Å². The molecule has 1 aromatic heterocycles. The summed E-state index contributed by atoms with van der Waals surface area (Å²) in [4.78, 5) is 14.2. The first-order valence-corrected chi connectivity index (χ1v) is 8.09. The van der Waals surface area contributed by atoms with Gasteiger partial charge in [0.05, 0.1) is 11.4 Å². The number of benzene rings is 2. The molecule has 0 fully saturated rings. The Kier molecular flexibility index (Phi) is 4.65. The first-order chi connectivity index (χ1) is 12.0. The maximum absolute atomic E-state index is 13.0. The molecule has 3 aromatic rings. The average Bonchev–Trinajstić information content (AvgIpc) is 2.90. The number of halogens is 1. The summed E-state index contributed by atoms with van der Waals surface area (Å²) in [6.07, 6.45) is 0. The molecular weight excluding hydrogens is 317 g/mol. The summed E-state index contributed by atoms with van der Waals surface area (Å²) >= 11 is 0. The van der Waals surface area contributed by atoms with Crippen molar-refractivity contribution >= 4 is 5.91 Å². The van der Waals surface area contributed by atoms with E-state index >= 15 is 0 Å². The second-order valence-corrected chi connectivity index (χ2v) is 6.06. The van der Waals surface area contributed by atoms with Crippen molar-refractivity contribution in [3.8, 4) is 5.69 Å². The molecule has 0 aliphatic carbocycles. The topological polar surface area (TPSA) is 38.1 Å². The van der Waals surface area contributed by atoms with Gasteiger partial charge in [0.15, 0.2) is 0 Å². The highest BCUT2D eigenvalue weighted by molar-refractivity contribution is 5.94. The second-order valence-electron chi connectivity index (χ2n) is 6.06. The molecular formula is C20H20FN3O. The summed E-state index contributed by atoms with van der Waals surface area (Å²) in [7, 11) is 1.74. The molecule has 3 rings (SSSR count). The standard InChI is InChI=1S/C20H20FN3O/c1-14-19(15(2)24(22-14)18-7-5-4-6-8-18)13-23(3)20(25)16-9-11-17(21)12-10-16/h4-12H,13H2,1-3H3. The van der Waals surface area contributed by atoms with Crippen LogP contribution in [-0.4, -0.2) is 27.6 Å². The monoisotopic (exact) mass is 337 g/mol. The lowest BCUT2D eigenvalue weighted by atomic mass is 10.1. The molecule has 1 heterocycles. The van der Waals surface area contributed by atoms with Crippen LogP contribution in [0.3, 0.4) is 0 Å². The van der Waals surface area contributed by atoms with Crippen LogP contribution in [0.15, 0.2) is 54.6 Å². The van der Waals surface area contributed by atoms with Gasteiger partial charge in [0.25, 0.3) is 5.91 Å². The molecule has 5 heteroatoms. The molecule has 2 aromatic carbocycles. The maximum Gasteiger partial charge on any atom is 0.253 e. The number of rotatable bonds is 4. The lowest BCUT2D eigenvalue weighted by molar-refractivity contribution is 0.0784. The Balaban J connectivity index is 1.84. The molecule has 0 saturated carbocycles. The highest BCUT2D eigenvalue weighted by atomic mass is 19.1. The Morgan fingerprint density at radius 1 is 1.08 bits per heavy atom. The molecule has 0 aliphatic heterocycles. The number of carbonyl (C=O) groups excluding carboxylic acids is 1. The van der Waals surface area contributed by atoms with E-state index in [2.05, 4.69) is 5.10 Å². The number of hydrogen-bond acceptors (Lipinski definition) is 2. The zero-order chi connectivity index (χ0) is 18.0. The zero-order valence-corrected chi connectivity index (χ0v) is 14.5. The Hall–Kier alpha value is -2.95. The Bertz CT molecular complexity index is 885. The SMILES string of the molecule is Cc1nn(-c2ccccc2)c(C)c1CN(C)C(=O)c1ccc(F)cc1. The van der Waals surface area contributed by atoms with Crippen LogP contribution < -0.4 is 0 Å². The molecule has 0 atom stereocenters. The van der Waals surface area contributed by atoms with Crippen LogP contribution in [0.5, 0.6) is 0 Å².